The first kappa shape index (κ1) is 12.3. The average Bonchev–Trinajstić information content (AvgIpc) is 2.20. The van der Waals surface area contributed by atoms with Gasteiger partial charge in [-0.25, -0.2) is 8.42 Å². The van der Waals surface area contributed by atoms with Crippen molar-refractivity contribution in [2.75, 3.05) is 18.9 Å². The van der Waals surface area contributed by atoms with Gasteiger partial charge in [-0.1, -0.05) is 0 Å². The molecule has 0 amide bonds. The van der Waals surface area contributed by atoms with Crippen molar-refractivity contribution in [2.45, 2.75) is 44.4 Å². The third-order valence-corrected chi connectivity index (χ3v) is 5.37. The minimum absolute atomic E-state index is 0.00660. The smallest absolute Gasteiger partial charge is 0.214 e. The number of ether oxygens (including phenoxy) is 1. The molecule has 0 aromatic heterocycles. The Morgan fingerprint density at radius 2 is 2.19 bits per heavy atom. The fraction of sp³-hybridized carbons (Fsp3) is 1.00. The van der Waals surface area contributed by atoms with Gasteiger partial charge in [-0.15, -0.1) is 0 Å². The molecule has 0 spiro atoms. The number of rotatable bonds is 3. The number of hydrogen-bond donors (Lipinski definition) is 1. The second kappa shape index (κ2) is 4.60. The van der Waals surface area contributed by atoms with Crippen LogP contribution in [-0.2, 0) is 14.8 Å². The molecule has 0 aromatic rings. The highest BCUT2D eigenvalue weighted by atomic mass is 32.2. The minimum atomic E-state index is -3.09. The molecule has 0 aromatic carbocycles. The largest absolute Gasteiger partial charge is 0.377 e. The van der Waals surface area contributed by atoms with Crippen LogP contribution in [0.3, 0.4) is 0 Å². The first-order valence-corrected chi connectivity index (χ1v) is 7.54. The SMILES string of the molecule is CCOC1CC(N)C1N1CCCCS1(=O)=O. The van der Waals surface area contributed by atoms with Crippen LogP contribution < -0.4 is 5.73 Å². The zero-order valence-electron chi connectivity index (χ0n) is 9.63. The minimum Gasteiger partial charge on any atom is -0.377 e. The van der Waals surface area contributed by atoms with Crippen molar-refractivity contribution >= 4 is 10.0 Å². The molecule has 3 unspecified atom stereocenters. The van der Waals surface area contributed by atoms with Crippen LogP contribution in [0, 0.1) is 0 Å². The van der Waals surface area contributed by atoms with Crippen molar-refractivity contribution in [2.24, 2.45) is 5.73 Å². The van der Waals surface area contributed by atoms with Gasteiger partial charge in [0.05, 0.1) is 17.9 Å². The van der Waals surface area contributed by atoms with Gasteiger partial charge in [0.2, 0.25) is 10.0 Å². The Morgan fingerprint density at radius 1 is 1.44 bits per heavy atom. The zero-order chi connectivity index (χ0) is 11.8. The van der Waals surface area contributed by atoms with Crippen LogP contribution in [0.1, 0.15) is 26.2 Å². The molecule has 1 saturated carbocycles. The summed E-state index contributed by atoms with van der Waals surface area (Å²) in [5.41, 5.74) is 5.91. The molecular weight excluding hydrogens is 228 g/mol. The summed E-state index contributed by atoms with van der Waals surface area (Å²) in [6.07, 6.45) is 2.46. The van der Waals surface area contributed by atoms with Gasteiger partial charge in [0, 0.05) is 19.2 Å². The summed E-state index contributed by atoms with van der Waals surface area (Å²) in [6.45, 7) is 3.14. The maximum Gasteiger partial charge on any atom is 0.214 e. The zero-order valence-corrected chi connectivity index (χ0v) is 10.4. The lowest BCUT2D eigenvalue weighted by molar-refractivity contribution is -0.0578. The molecular formula is C10H20N2O3S. The Morgan fingerprint density at radius 3 is 2.75 bits per heavy atom. The Labute approximate surface area is 97.0 Å². The van der Waals surface area contributed by atoms with E-state index in [1.165, 1.54) is 0 Å². The van der Waals surface area contributed by atoms with Crippen LogP contribution in [-0.4, -0.2) is 49.8 Å². The van der Waals surface area contributed by atoms with Crippen molar-refractivity contribution in [3.63, 3.8) is 0 Å². The summed E-state index contributed by atoms with van der Waals surface area (Å²) in [7, 11) is -3.09. The maximum absolute atomic E-state index is 11.9. The molecule has 94 valence electrons. The van der Waals surface area contributed by atoms with Gasteiger partial charge >= 0.3 is 0 Å². The standard InChI is InChI=1S/C10H20N2O3S/c1-2-15-9-7-8(11)10(9)12-5-3-4-6-16(12,13)14/h8-10H,2-7,11H2,1H3. The Kier molecular flexibility index (Phi) is 3.53. The van der Waals surface area contributed by atoms with Crippen LogP contribution in [0.15, 0.2) is 0 Å². The van der Waals surface area contributed by atoms with E-state index in [1.807, 2.05) is 6.92 Å². The van der Waals surface area contributed by atoms with E-state index in [2.05, 4.69) is 0 Å². The second-order valence-corrected chi connectivity index (χ2v) is 6.56. The van der Waals surface area contributed by atoms with Gasteiger partial charge in [0.1, 0.15) is 0 Å². The summed E-state index contributed by atoms with van der Waals surface area (Å²) in [5.74, 6) is 0.259. The summed E-state index contributed by atoms with van der Waals surface area (Å²) < 4.78 is 30.9. The molecule has 1 aliphatic carbocycles. The third-order valence-electron chi connectivity index (χ3n) is 3.43. The van der Waals surface area contributed by atoms with Gasteiger partial charge in [0.15, 0.2) is 0 Å². The van der Waals surface area contributed by atoms with Crippen LogP contribution in [0.25, 0.3) is 0 Å². The summed E-state index contributed by atoms with van der Waals surface area (Å²) >= 11 is 0. The Balaban J connectivity index is 2.10. The first-order chi connectivity index (χ1) is 7.56. The molecule has 3 atom stereocenters. The van der Waals surface area contributed by atoms with Crippen molar-refractivity contribution in [3.8, 4) is 0 Å². The monoisotopic (exact) mass is 248 g/mol. The van der Waals surface area contributed by atoms with Gasteiger partial charge in [-0.05, 0) is 26.2 Å². The third kappa shape index (κ3) is 2.11. The fourth-order valence-corrected chi connectivity index (χ4v) is 4.42. The fourth-order valence-electron chi connectivity index (χ4n) is 2.55. The highest BCUT2D eigenvalue weighted by molar-refractivity contribution is 7.89. The van der Waals surface area contributed by atoms with Crippen LogP contribution in [0.2, 0.25) is 0 Å². The van der Waals surface area contributed by atoms with E-state index in [1.54, 1.807) is 4.31 Å². The van der Waals surface area contributed by atoms with Crippen molar-refractivity contribution in [1.82, 2.24) is 4.31 Å². The summed E-state index contributed by atoms with van der Waals surface area (Å²) in [4.78, 5) is 0. The molecule has 1 aliphatic heterocycles. The first-order valence-electron chi connectivity index (χ1n) is 5.93. The normalized spacial score (nSPS) is 39.2. The Bertz CT molecular complexity index is 342. The molecule has 16 heavy (non-hydrogen) atoms. The lowest BCUT2D eigenvalue weighted by atomic mass is 9.83. The molecule has 0 bridgehead atoms. The molecule has 6 heteroatoms. The number of hydrogen-bond acceptors (Lipinski definition) is 4. The van der Waals surface area contributed by atoms with E-state index in [-0.39, 0.29) is 23.9 Å². The van der Waals surface area contributed by atoms with Gasteiger partial charge in [-0.3, -0.25) is 0 Å². The van der Waals surface area contributed by atoms with Gasteiger partial charge in [-0.2, -0.15) is 4.31 Å². The molecule has 2 fully saturated rings. The predicted molar refractivity (Wildman–Crippen MR) is 61.5 cm³/mol. The Hall–Kier alpha value is -0.170. The lowest BCUT2D eigenvalue weighted by Crippen LogP contribution is -2.66. The van der Waals surface area contributed by atoms with Gasteiger partial charge in [0.25, 0.3) is 0 Å². The molecule has 1 heterocycles. The topological polar surface area (TPSA) is 72.6 Å². The number of sulfonamides is 1. The maximum atomic E-state index is 11.9. The quantitative estimate of drug-likeness (QED) is 0.758. The summed E-state index contributed by atoms with van der Waals surface area (Å²) in [6, 6.07) is -0.199. The van der Waals surface area contributed by atoms with E-state index in [0.29, 0.717) is 13.2 Å². The molecule has 1 saturated heterocycles. The van der Waals surface area contributed by atoms with Gasteiger partial charge < -0.3 is 10.5 Å². The molecule has 5 nitrogen and oxygen atoms in total. The van der Waals surface area contributed by atoms with Crippen LogP contribution in [0.5, 0.6) is 0 Å². The molecule has 0 radical (unpaired) electrons. The average molecular weight is 248 g/mol. The predicted octanol–water partition coefficient (Wildman–Crippen LogP) is -0.0833. The van der Waals surface area contributed by atoms with E-state index in [9.17, 15) is 8.42 Å². The van der Waals surface area contributed by atoms with E-state index in [0.717, 1.165) is 19.3 Å². The highest BCUT2D eigenvalue weighted by Gasteiger charge is 2.47. The number of nitrogens with zero attached hydrogens (tertiary/aromatic N) is 1. The molecule has 2 aliphatic rings. The summed E-state index contributed by atoms with van der Waals surface area (Å²) in [5, 5.41) is 0. The molecule has 2 rings (SSSR count). The van der Waals surface area contributed by atoms with Crippen molar-refractivity contribution < 1.29 is 13.2 Å². The van der Waals surface area contributed by atoms with Crippen LogP contribution in [0.4, 0.5) is 0 Å². The highest BCUT2D eigenvalue weighted by Crippen LogP contribution is 2.31. The number of nitrogens with two attached hydrogens (primary N) is 1. The van der Waals surface area contributed by atoms with E-state index in [4.69, 9.17) is 10.5 Å². The van der Waals surface area contributed by atoms with Crippen LogP contribution >= 0.6 is 0 Å². The molecule has 2 N–H and O–H groups in total. The second-order valence-electron chi connectivity index (χ2n) is 4.52. The van der Waals surface area contributed by atoms with Crippen molar-refractivity contribution in [1.29, 1.82) is 0 Å². The van der Waals surface area contributed by atoms with E-state index >= 15 is 0 Å². The van der Waals surface area contributed by atoms with Crippen molar-refractivity contribution in [3.05, 3.63) is 0 Å². The lowest BCUT2D eigenvalue weighted by Gasteiger charge is -2.48. The van der Waals surface area contributed by atoms with E-state index < -0.39 is 10.0 Å².